The van der Waals surface area contributed by atoms with Crippen molar-refractivity contribution in [1.29, 1.82) is 0 Å². The Morgan fingerprint density at radius 1 is 1.69 bits per heavy atom. The maximum atomic E-state index is 5.45. The van der Waals surface area contributed by atoms with Crippen LogP contribution in [-0.2, 0) is 13.0 Å². The van der Waals surface area contributed by atoms with Gasteiger partial charge in [0.25, 0.3) is 0 Å². The molecule has 13 heavy (non-hydrogen) atoms. The molecule has 2 heterocycles. The first-order valence-electron chi connectivity index (χ1n) is 4.63. The molecule has 0 saturated carbocycles. The Balaban J connectivity index is 1.92. The molecule has 1 unspecified atom stereocenters. The molecule has 1 aliphatic heterocycles. The standard InChI is InChI=1S/C9H14N2OS/c10-5-7-6-11-9(12-7)4-8-2-1-3-13-8/h6,8H,1-5,10H2. The van der Waals surface area contributed by atoms with Crippen LogP contribution in [0.2, 0.25) is 0 Å². The van der Waals surface area contributed by atoms with E-state index in [1.54, 1.807) is 6.20 Å². The molecule has 72 valence electrons. The van der Waals surface area contributed by atoms with E-state index in [0.717, 1.165) is 18.1 Å². The summed E-state index contributed by atoms with van der Waals surface area (Å²) in [6.45, 7) is 0.449. The number of nitrogens with two attached hydrogens (primary N) is 1. The highest BCUT2D eigenvalue weighted by atomic mass is 32.2. The van der Waals surface area contributed by atoms with E-state index in [1.165, 1.54) is 18.6 Å². The Bertz CT molecular complexity index is 268. The van der Waals surface area contributed by atoms with E-state index in [9.17, 15) is 0 Å². The van der Waals surface area contributed by atoms with Crippen molar-refractivity contribution in [3.8, 4) is 0 Å². The molecule has 0 radical (unpaired) electrons. The van der Waals surface area contributed by atoms with Gasteiger partial charge in [-0.15, -0.1) is 0 Å². The van der Waals surface area contributed by atoms with Crippen LogP contribution in [0.3, 0.4) is 0 Å². The fraction of sp³-hybridized carbons (Fsp3) is 0.667. The molecule has 2 rings (SSSR count). The first-order valence-corrected chi connectivity index (χ1v) is 5.68. The van der Waals surface area contributed by atoms with Crippen LogP contribution >= 0.6 is 11.8 Å². The van der Waals surface area contributed by atoms with E-state index in [4.69, 9.17) is 10.2 Å². The van der Waals surface area contributed by atoms with Crippen molar-refractivity contribution >= 4 is 11.8 Å². The molecule has 2 N–H and O–H groups in total. The molecule has 0 amide bonds. The van der Waals surface area contributed by atoms with Crippen LogP contribution in [0.25, 0.3) is 0 Å². The minimum Gasteiger partial charge on any atom is -0.444 e. The Labute approximate surface area is 82.1 Å². The van der Waals surface area contributed by atoms with Crippen molar-refractivity contribution in [1.82, 2.24) is 4.98 Å². The first kappa shape index (κ1) is 9.09. The zero-order valence-corrected chi connectivity index (χ0v) is 8.35. The van der Waals surface area contributed by atoms with Gasteiger partial charge < -0.3 is 10.2 Å². The maximum absolute atomic E-state index is 5.45. The van der Waals surface area contributed by atoms with Crippen LogP contribution in [0.5, 0.6) is 0 Å². The monoisotopic (exact) mass is 198 g/mol. The van der Waals surface area contributed by atoms with Crippen LogP contribution in [0.1, 0.15) is 24.5 Å². The number of rotatable bonds is 3. The highest BCUT2D eigenvalue weighted by molar-refractivity contribution is 8.00. The number of hydrogen-bond acceptors (Lipinski definition) is 4. The third-order valence-corrected chi connectivity index (χ3v) is 3.63. The fourth-order valence-electron chi connectivity index (χ4n) is 1.54. The van der Waals surface area contributed by atoms with Gasteiger partial charge in [0, 0.05) is 11.7 Å². The van der Waals surface area contributed by atoms with Gasteiger partial charge in [-0.3, -0.25) is 0 Å². The van der Waals surface area contributed by atoms with Gasteiger partial charge in [-0.25, -0.2) is 4.98 Å². The Kier molecular flexibility index (Phi) is 2.90. The molecule has 3 nitrogen and oxygen atoms in total. The molecule has 1 fully saturated rings. The third kappa shape index (κ3) is 2.25. The van der Waals surface area contributed by atoms with Crippen molar-refractivity contribution in [2.75, 3.05) is 5.75 Å². The molecular weight excluding hydrogens is 184 g/mol. The number of nitrogens with zero attached hydrogens (tertiary/aromatic N) is 1. The SMILES string of the molecule is NCc1cnc(CC2CCCS2)o1. The summed E-state index contributed by atoms with van der Waals surface area (Å²) in [6.07, 6.45) is 5.32. The highest BCUT2D eigenvalue weighted by Crippen LogP contribution is 2.28. The quantitative estimate of drug-likeness (QED) is 0.801. The van der Waals surface area contributed by atoms with Crippen LogP contribution in [0.15, 0.2) is 10.6 Å². The zero-order chi connectivity index (χ0) is 9.10. The lowest BCUT2D eigenvalue weighted by Crippen LogP contribution is -2.01. The Hall–Kier alpha value is -0.480. The predicted octanol–water partition coefficient (Wildman–Crippen LogP) is 1.57. The van der Waals surface area contributed by atoms with Crippen molar-refractivity contribution in [3.05, 3.63) is 17.8 Å². The molecule has 0 bridgehead atoms. The Morgan fingerprint density at radius 3 is 3.23 bits per heavy atom. The molecule has 1 saturated heterocycles. The van der Waals surface area contributed by atoms with E-state index in [-0.39, 0.29) is 0 Å². The fourth-order valence-corrected chi connectivity index (χ4v) is 2.80. The minimum absolute atomic E-state index is 0.449. The van der Waals surface area contributed by atoms with Gasteiger partial charge in [-0.1, -0.05) is 0 Å². The average molecular weight is 198 g/mol. The van der Waals surface area contributed by atoms with Gasteiger partial charge in [-0.05, 0) is 18.6 Å². The minimum atomic E-state index is 0.449. The van der Waals surface area contributed by atoms with Gasteiger partial charge >= 0.3 is 0 Å². The lowest BCUT2D eigenvalue weighted by molar-refractivity contribution is 0.452. The number of oxazole rings is 1. The van der Waals surface area contributed by atoms with E-state index in [0.29, 0.717) is 11.8 Å². The van der Waals surface area contributed by atoms with Crippen molar-refractivity contribution in [2.45, 2.75) is 31.1 Å². The lowest BCUT2D eigenvalue weighted by atomic mass is 10.2. The largest absolute Gasteiger partial charge is 0.444 e. The molecular formula is C9H14N2OS. The van der Waals surface area contributed by atoms with Crippen molar-refractivity contribution < 1.29 is 4.42 Å². The van der Waals surface area contributed by atoms with Crippen LogP contribution < -0.4 is 5.73 Å². The van der Waals surface area contributed by atoms with E-state index < -0.39 is 0 Å². The highest BCUT2D eigenvalue weighted by Gasteiger charge is 2.18. The van der Waals surface area contributed by atoms with Crippen molar-refractivity contribution in [3.63, 3.8) is 0 Å². The normalized spacial score (nSPS) is 22.4. The smallest absolute Gasteiger partial charge is 0.195 e. The lowest BCUT2D eigenvalue weighted by Gasteiger charge is -2.03. The number of hydrogen-bond donors (Lipinski definition) is 1. The molecule has 0 aromatic carbocycles. The van der Waals surface area contributed by atoms with Gasteiger partial charge in [0.1, 0.15) is 5.76 Å². The Morgan fingerprint density at radius 2 is 2.62 bits per heavy atom. The summed E-state index contributed by atoms with van der Waals surface area (Å²) in [5.74, 6) is 2.92. The third-order valence-electron chi connectivity index (χ3n) is 2.23. The average Bonchev–Trinajstić information content (AvgIpc) is 2.76. The van der Waals surface area contributed by atoms with Crippen LogP contribution in [0, 0.1) is 0 Å². The van der Waals surface area contributed by atoms with E-state index >= 15 is 0 Å². The summed E-state index contributed by atoms with van der Waals surface area (Å²) in [7, 11) is 0. The van der Waals surface area contributed by atoms with Gasteiger partial charge in [0.05, 0.1) is 12.7 Å². The molecule has 1 aromatic rings. The summed E-state index contributed by atoms with van der Waals surface area (Å²) >= 11 is 2.02. The molecule has 1 atom stereocenters. The first-order chi connectivity index (χ1) is 6.38. The summed E-state index contributed by atoms with van der Waals surface area (Å²) in [4.78, 5) is 4.19. The van der Waals surface area contributed by atoms with Gasteiger partial charge in [0.2, 0.25) is 0 Å². The predicted molar refractivity (Wildman–Crippen MR) is 53.6 cm³/mol. The topological polar surface area (TPSA) is 52.0 Å². The summed E-state index contributed by atoms with van der Waals surface area (Å²) < 4.78 is 5.45. The molecule has 0 aliphatic carbocycles. The summed E-state index contributed by atoms with van der Waals surface area (Å²) in [5, 5.41) is 0.712. The molecule has 1 aliphatic rings. The maximum Gasteiger partial charge on any atom is 0.195 e. The molecule has 1 aromatic heterocycles. The summed E-state index contributed by atoms with van der Waals surface area (Å²) in [6, 6.07) is 0. The van der Waals surface area contributed by atoms with Crippen LogP contribution in [0.4, 0.5) is 0 Å². The van der Waals surface area contributed by atoms with E-state index in [1.807, 2.05) is 11.8 Å². The zero-order valence-electron chi connectivity index (χ0n) is 7.53. The number of thioether (sulfide) groups is 1. The van der Waals surface area contributed by atoms with Crippen LogP contribution in [-0.4, -0.2) is 16.0 Å². The van der Waals surface area contributed by atoms with Gasteiger partial charge in [0.15, 0.2) is 5.89 Å². The molecule has 4 heteroatoms. The molecule has 0 spiro atoms. The second-order valence-electron chi connectivity index (χ2n) is 3.26. The second-order valence-corrected chi connectivity index (χ2v) is 4.67. The second kappa shape index (κ2) is 4.15. The number of aromatic nitrogens is 1. The van der Waals surface area contributed by atoms with Gasteiger partial charge in [-0.2, -0.15) is 11.8 Å². The van der Waals surface area contributed by atoms with E-state index in [2.05, 4.69) is 4.98 Å². The van der Waals surface area contributed by atoms with Crippen molar-refractivity contribution in [2.24, 2.45) is 5.73 Å². The summed E-state index contributed by atoms with van der Waals surface area (Å²) in [5.41, 5.74) is 5.43.